The number of hydrogen-bond donors (Lipinski definition) is 1. The molecule has 0 aliphatic rings. The molecule has 0 aliphatic heterocycles. The standard InChI is InChI=1S/C16H15N3O3S/c1-11-18-15(19-22-11)10-21-13-6-4-12(5-7-13)16(20)17-9-14-3-2-8-23-14/h2-8H,9-10H2,1H3,(H,17,20). The molecule has 0 spiro atoms. The van der Waals surface area contributed by atoms with Crippen LogP contribution in [0.15, 0.2) is 46.3 Å². The zero-order chi connectivity index (χ0) is 16.1. The van der Waals surface area contributed by atoms with Crippen LogP contribution >= 0.6 is 11.3 Å². The summed E-state index contributed by atoms with van der Waals surface area (Å²) in [6.45, 7) is 2.48. The van der Waals surface area contributed by atoms with E-state index in [9.17, 15) is 4.79 Å². The van der Waals surface area contributed by atoms with Crippen molar-refractivity contribution in [2.24, 2.45) is 0 Å². The smallest absolute Gasteiger partial charge is 0.251 e. The molecule has 6 nitrogen and oxygen atoms in total. The van der Waals surface area contributed by atoms with E-state index in [-0.39, 0.29) is 12.5 Å². The van der Waals surface area contributed by atoms with Gasteiger partial charge in [-0.15, -0.1) is 11.3 Å². The third-order valence-corrected chi connectivity index (χ3v) is 3.93. The number of thiophene rings is 1. The van der Waals surface area contributed by atoms with Crippen LogP contribution in [0.3, 0.4) is 0 Å². The Kier molecular flexibility index (Phi) is 4.68. The van der Waals surface area contributed by atoms with E-state index in [1.54, 1.807) is 42.5 Å². The number of ether oxygens (including phenoxy) is 1. The summed E-state index contributed by atoms with van der Waals surface area (Å²) in [5.74, 6) is 1.52. The zero-order valence-electron chi connectivity index (χ0n) is 12.5. The first-order valence-electron chi connectivity index (χ1n) is 7.03. The number of rotatable bonds is 6. The highest BCUT2D eigenvalue weighted by molar-refractivity contribution is 7.09. The average molecular weight is 329 g/mol. The molecule has 0 fully saturated rings. The molecule has 0 saturated carbocycles. The normalized spacial score (nSPS) is 10.5. The Bertz CT molecular complexity index is 766. The summed E-state index contributed by atoms with van der Waals surface area (Å²) >= 11 is 1.61. The van der Waals surface area contributed by atoms with Crippen molar-refractivity contribution in [1.82, 2.24) is 15.5 Å². The van der Waals surface area contributed by atoms with Gasteiger partial charge in [0.25, 0.3) is 5.91 Å². The van der Waals surface area contributed by atoms with Crippen LogP contribution in [0.25, 0.3) is 0 Å². The molecule has 3 rings (SSSR count). The Morgan fingerprint density at radius 2 is 2.13 bits per heavy atom. The van der Waals surface area contributed by atoms with Crippen LogP contribution in [0, 0.1) is 6.92 Å². The number of aryl methyl sites for hydroxylation is 1. The van der Waals surface area contributed by atoms with E-state index in [0.29, 0.717) is 29.6 Å². The number of aromatic nitrogens is 2. The number of hydrogen-bond acceptors (Lipinski definition) is 6. The average Bonchev–Trinajstić information content (AvgIpc) is 3.22. The van der Waals surface area contributed by atoms with Gasteiger partial charge < -0.3 is 14.6 Å². The number of carbonyl (C=O) groups excluding carboxylic acids is 1. The van der Waals surface area contributed by atoms with Gasteiger partial charge in [0.15, 0.2) is 6.61 Å². The number of nitrogens with zero attached hydrogens (tertiary/aromatic N) is 2. The molecule has 1 aromatic carbocycles. The lowest BCUT2D eigenvalue weighted by Gasteiger charge is -2.06. The van der Waals surface area contributed by atoms with Gasteiger partial charge in [-0.3, -0.25) is 4.79 Å². The van der Waals surface area contributed by atoms with E-state index in [1.165, 1.54) is 0 Å². The summed E-state index contributed by atoms with van der Waals surface area (Å²) in [6, 6.07) is 10.9. The molecule has 2 aromatic heterocycles. The van der Waals surface area contributed by atoms with Crippen molar-refractivity contribution in [3.63, 3.8) is 0 Å². The molecule has 1 N–H and O–H groups in total. The molecule has 23 heavy (non-hydrogen) atoms. The molecular weight excluding hydrogens is 314 g/mol. The van der Waals surface area contributed by atoms with Crippen molar-refractivity contribution >= 4 is 17.2 Å². The molecule has 0 aliphatic carbocycles. The number of benzene rings is 1. The van der Waals surface area contributed by atoms with Gasteiger partial charge in [-0.25, -0.2) is 0 Å². The van der Waals surface area contributed by atoms with E-state index in [4.69, 9.17) is 9.26 Å². The van der Waals surface area contributed by atoms with Gasteiger partial charge in [0, 0.05) is 17.4 Å². The molecular formula is C16H15N3O3S. The lowest BCUT2D eigenvalue weighted by molar-refractivity contribution is 0.0951. The van der Waals surface area contributed by atoms with Gasteiger partial charge in [0.05, 0.1) is 6.54 Å². The fourth-order valence-electron chi connectivity index (χ4n) is 1.93. The van der Waals surface area contributed by atoms with Crippen LogP contribution < -0.4 is 10.1 Å². The Morgan fingerprint density at radius 1 is 1.30 bits per heavy atom. The Balaban J connectivity index is 1.52. The Hall–Kier alpha value is -2.67. The molecule has 3 aromatic rings. The molecule has 1 amide bonds. The van der Waals surface area contributed by atoms with E-state index in [0.717, 1.165) is 4.88 Å². The summed E-state index contributed by atoms with van der Waals surface area (Å²) in [7, 11) is 0. The van der Waals surface area contributed by atoms with Crippen LogP contribution in [0.1, 0.15) is 27.0 Å². The topological polar surface area (TPSA) is 77.2 Å². The monoisotopic (exact) mass is 329 g/mol. The highest BCUT2D eigenvalue weighted by Crippen LogP contribution is 2.14. The maximum atomic E-state index is 12.1. The van der Waals surface area contributed by atoms with Crippen LogP contribution in [0.5, 0.6) is 5.75 Å². The fraction of sp³-hybridized carbons (Fsp3) is 0.188. The second-order valence-electron chi connectivity index (χ2n) is 4.80. The summed E-state index contributed by atoms with van der Waals surface area (Å²) in [4.78, 5) is 17.2. The zero-order valence-corrected chi connectivity index (χ0v) is 13.3. The number of carbonyl (C=O) groups is 1. The van der Waals surface area contributed by atoms with E-state index in [2.05, 4.69) is 15.5 Å². The molecule has 0 unspecified atom stereocenters. The maximum Gasteiger partial charge on any atom is 0.251 e. The van der Waals surface area contributed by atoms with Gasteiger partial charge in [0.2, 0.25) is 11.7 Å². The third-order valence-electron chi connectivity index (χ3n) is 3.06. The van der Waals surface area contributed by atoms with Crippen LogP contribution in [-0.2, 0) is 13.2 Å². The summed E-state index contributed by atoms with van der Waals surface area (Å²) in [5.41, 5.74) is 0.587. The maximum absolute atomic E-state index is 12.1. The third kappa shape index (κ3) is 4.17. The van der Waals surface area contributed by atoms with Crippen molar-refractivity contribution < 1.29 is 14.1 Å². The highest BCUT2D eigenvalue weighted by atomic mass is 32.1. The van der Waals surface area contributed by atoms with Crippen LogP contribution in [-0.4, -0.2) is 16.0 Å². The minimum Gasteiger partial charge on any atom is -0.485 e. The quantitative estimate of drug-likeness (QED) is 0.752. The SMILES string of the molecule is Cc1nc(COc2ccc(C(=O)NCc3cccs3)cc2)no1. The lowest BCUT2D eigenvalue weighted by Crippen LogP contribution is -2.22. The van der Waals surface area contributed by atoms with Gasteiger partial charge in [-0.2, -0.15) is 4.98 Å². The minimum absolute atomic E-state index is 0.112. The summed E-state index contributed by atoms with van der Waals surface area (Å²) < 4.78 is 10.4. The predicted octanol–water partition coefficient (Wildman–Crippen LogP) is 2.95. The molecule has 7 heteroatoms. The van der Waals surface area contributed by atoms with E-state index < -0.39 is 0 Å². The van der Waals surface area contributed by atoms with Gasteiger partial charge >= 0.3 is 0 Å². The largest absolute Gasteiger partial charge is 0.485 e. The van der Waals surface area contributed by atoms with Crippen molar-refractivity contribution in [3.8, 4) is 5.75 Å². The predicted molar refractivity (Wildman–Crippen MR) is 85.3 cm³/mol. The van der Waals surface area contributed by atoms with Crippen LogP contribution in [0.4, 0.5) is 0 Å². The second kappa shape index (κ2) is 7.06. The Morgan fingerprint density at radius 3 is 2.78 bits per heavy atom. The highest BCUT2D eigenvalue weighted by Gasteiger charge is 2.07. The van der Waals surface area contributed by atoms with Gasteiger partial charge in [-0.1, -0.05) is 11.2 Å². The molecule has 0 bridgehead atoms. The molecule has 118 valence electrons. The first kappa shape index (κ1) is 15.2. The number of nitrogens with one attached hydrogen (secondary N) is 1. The fourth-order valence-corrected chi connectivity index (χ4v) is 2.58. The Labute approximate surface area is 137 Å². The van der Waals surface area contributed by atoms with E-state index >= 15 is 0 Å². The van der Waals surface area contributed by atoms with Gasteiger partial charge in [0.1, 0.15) is 5.75 Å². The second-order valence-corrected chi connectivity index (χ2v) is 5.84. The molecule has 0 saturated heterocycles. The lowest BCUT2D eigenvalue weighted by atomic mass is 10.2. The van der Waals surface area contributed by atoms with Crippen molar-refractivity contribution in [2.75, 3.05) is 0 Å². The van der Waals surface area contributed by atoms with Crippen LogP contribution in [0.2, 0.25) is 0 Å². The molecule has 0 radical (unpaired) electrons. The van der Waals surface area contributed by atoms with Crippen molar-refractivity contribution in [3.05, 3.63) is 63.9 Å². The summed E-state index contributed by atoms with van der Waals surface area (Å²) in [5, 5.41) is 8.62. The number of amides is 1. The molecule has 2 heterocycles. The first-order valence-corrected chi connectivity index (χ1v) is 7.91. The van der Waals surface area contributed by atoms with Crippen molar-refractivity contribution in [2.45, 2.75) is 20.1 Å². The van der Waals surface area contributed by atoms with Gasteiger partial charge in [-0.05, 0) is 35.7 Å². The minimum atomic E-state index is -0.112. The molecule has 0 atom stereocenters. The summed E-state index contributed by atoms with van der Waals surface area (Å²) in [6.07, 6.45) is 0. The van der Waals surface area contributed by atoms with Crippen molar-refractivity contribution in [1.29, 1.82) is 0 Å². The first-order chi connectivity index (χ1) is 11.2. The van der Waals surface area contributed by atoms with E-state index in [1.807, 2.05) is 17.5 Å².